The monoisotopic (exact) mass is 515 g/mol. The predicted octanol–water partition coefficient (Wildman–Crippen LogP) is 7.34. The number of anilines is 2. The number of aliphatic hydroxyl groups excluding tert-OH is 1. The summed E-state index contributed by atoms with van der Waals surface area (Å²) in [6, 6.07) is 16.5. The Morgan fingerprint density at radius 1 is 1.21 bits per heavy atom. The summed E-state index contributed by atoms with van der Waals surface area (Å²) < 4.78 is 11.4. The van der Waals surface area contributed by atoms with Crippen LogP contribution in [0, 0.1) is 6.92 Å². The normalized spacial score (nSPS) is 17.6. The maximum Gasteiger partial charge on any atom is 0.412 e. The number of benzene rings is 2. The van der Waals surface area contributed by atoms with Crippen molar-refractivity contribution in [1.29, 1.82) is 0 Å². The van der Waals surface area contributed by atoms with Gasteiger partial charge in [0.15, 0.2) is 5.76 Å². The van der Waals surface area contributed by atoms with Crippen molar-refractivity contribution in [3.8, 4) is 0 Å². The minimum Gasteiger partial charge on any atom is -0.512 e. The number of aryl methyl sites for hydroxylation is 2. The zero-order valence-electron chi connectivity index (χ0n) is 22.5. The lowest BCUT2D eigenvalue weighted by Crippen LogP contribution is -2.33. The van der Waals surface area contributed by atoms with Crippen LogP contribution in [-0.4, -0.2) is 29.4 Å². The SMILES string of the molecule is C=C(O)C1(c2ccc(N3CCC(c4onc(C)c4NC(=O)O[C@H](C)c4ccccc4CC)CC3)cc2)CC1. The van der Waals surface area contributed by atoms with Gasteiger partial charge in [0, 0.05) is 24.7 Å². The molecule has 1 aliphatic heterocycles. The van der Waals surface area contributed by atoms with Gasteiger partial charge in [-0.2, -0.15) is 0 Å². The number of nitrogens with zero attached hydrogens (tertiary/aromatic N) is 2. The van der Waals surface area contributed by atoms with E-state index in [1.54, 1.807) is 0 Å². The molecule has 2 N–H and O–H groups in total. The van der Waals surface area contributed by atoms with Crippen LogP contribution in [0.4, 0.5) is 16.2 Å². The van der Waals surface area contributed by atoms with Gasteiger partial charge in [0.25, 0.3) is 0 Å². The average molecular weight is 516 g/mol. The van der Waals surface area contributed by atoms with E-state index in [1.165, 1.54) is 11.3 Å². The molecule has 200 valence electrons. The predicted molar refractivity (Wildman–Crippen MR) is 149 cm³/mol. The Hall–Kier alpha value is -3.74. The van der Waals surface area contributed by atoms with E-state index in [4.69, 9.17) is 9.26 Å². The summed E-state index contributed by atoms with van der Waals surface area (Å²) in [4.78, 5) is 15.2. The number of amides is 1. The van der Waals surface area contributed by atoms with E-state index in [9.17, 15) is 9.90 Å². The maximum atomic E-state index is 12.8. The number of rotatable bonds is 8. The molecule has 1 saturated carbocycles. The van der Waals surface area contributed by atoms with Gasteiger partial charge >= 0.3 is 6.09 Å². The average Bonchev–Trinajstić information content (AvgIpc) is 3.68. The smallest absolute Gasteiger partial charge is 0.412 e. The van der Waals surface area contributed by atoms with Gasteiger partial charge in [-0.25, -0.2) is 4.79 Å². The highest BCUT2D eigenvalue weighted by Crippen LogP contribution is 2.52. The van der Waals surface area contributed by atoms with E-state index in [0.29, 0.717) is 17.1 Å². The van der Waals surface area contributed by atoms with Gasteiger partial charge in [0.2, 0.25) is 0 Å². The fourth-order valence-corrected chi connectivity index (χ4v) is 5.69. The Morgan fingerprint density at radius 2 is 1.89 bits per heavy atom. The largest absolute Gasteiger partial charge is 0.512 e. The van der Waals surface area contributed by atoms with Gasteiger partial charge in [0.05, 0.1) is 11.2 Å². The van der Waals surface area contributed by atoms with Gasteiger partial charge < -0.3 is 19.3 Å². The van der Waals surface area contributed by atoms with Gasteiger partial charge in [-0.3, -0.25) is 5.32 Å². The van der Waals surface area contributed by atoms with Gasteiger partial charge in [-0.05, 0) is 74.8 Å². The number of nitrogens with one attached hydrogen (secondary N) is 1. The Kier molecular flexibility index (Phi) is 7.19. The highest BCUT2D eigenvalue weighted by molar-refractivity contribution is 5.86. The lowest BCUT2D eigenvalue weighted by molar-refractivity contribution is 0.120. The molecule has 2 heterocycles. The summed E-state index contributed by atoms with van der Waals surface area (Å²) in [7, 11) is 0. The Morgan fingerprint density at radius 3 is 2.53 bits per heavy atom. The highest BCUT2D eigenvalue weighted by Gasteiger charge is 2.47. The van der Waals surface area contributed by atoms with Crippen LogP contribution < -0.4 is 10.2 Å². The fraction of sp³-hybridized carbons (Fsp3) is 0.419. The van der Waals surface area contributed by atoms with E-state index in [2.05, 4.69) is 59.2 Å². The first-order valence-corrected chi connectivity index (χ1v) is 13.6. The third kappa shape index (κ3) is 5.02. The molecule has 2 aromatic carbocycles. The number of aromatic nitrogens is 1. The van der Waals surface area contributed by atoms with Crippen LogP contribution in [0.15, 0.2) is 65.4 Å². The molecule has 7 nitrogen and oxygen atoms in total. The van der Waals surface area contributed by atoms with Gasteiger partial charge in [-0.15, -0.1) is 0 Å². The third-order valence-electron chi connectivity index (χ3n) is 8.23. The molecule has 0 unspecified atom stereocenters. The van der Waals surface area contributed by atoms with Crippen LogP contribution in [0.1, 0.15) is 79.7 Å². The minimum absolute atomic E-state index is 0.160. The second kappa shape index (κ2) is 10.6. The summed E-state index contributed by atoms with van der Waals surface area (Å²) >= 11 is 0. The van der Waals surface area contributed by atoms with E-state index in [0.717, 1.165) is 56.3 Å². The summed E-state index contributed by atoms with van der Waals surface area (Å²) in [6.07, 6.45) is 3.69. The second-order valence-corrected chi connectivity index (χ2v) is 10.6. The summed E-state index contributed by atoms with van der Waals surface area (Å²) in [5.41, 5.74) is 5.52. The fourth-order valence-electron chi connectivity index (χ4n) is 5.69. The summed E-state index contributed by atoms with van der Waals surface area (Å²) in [5.74, 6) is 1.14. The summed E-state index contributed by atoms with van der Waals surface area (Å²) in [5, 5.41) is 17.1. The van der Waals surface area contributed by atoms with Crippen LogP contribution in [0.5, 0.6) is 0 Å². The second-order valence-electron chi connectivity index (χ2n) is 10.6. The van der Waals surface area contributed by atoms with E-state index in [1.807, 2.05) is 32.0 Å². The Labute approximate surface area is 224 Å². The van der Waals surface area contributed by atoms with E-state index in [-0.39, 0.29) is 23.2 Å². The molecule has 1 amide bonds. The molecule has 3 aromatic rings. The molecule has 2 fully saturated rings. The number of ether oxygens (including phenoxy) is 1. The lowest BCUT2D eigenvalue weighted by Gasteiger charge is -2.33. The van der Waals surface area contributed by atoms with Crippen LogP contribution in [0.2, 0.25) is 0 Å². The number of carbonyl (C=O) groups is 1. The molecular formula is C31H37N3O4. The molecule has 2 aliphatic rings. The van der Waals surface area contributed by atoms with Crippen LogP contribution in [-0.2, 0) is 16.6 Å². The molecule has 1 aromatic heterocycles. The van der Waals surface area contributed by atoms with Crippen molar-refractivity contribution in [2.75, 3.05) is 23.3 Å². The number of piperidine rings is 1. The van der Waals surface area contributed by atoms with Crippen molar-refractivity contribution in [3.63, 3.8) is 0 Å². The standard InChI is InChI=1S/C31H37N3O4/c1-5-23-8-6-7-9-27(23)21(3)37-30(36)32-28-20(2)33-38-29(28)24-14-18-34(19-15-24)26-12-10-25(11-13-26)31(16-17-31)22(4)35/h6-13,21,24,35H,4-5,14-19H2,1-3H3,(H,32,36)/t21-/m1/s1. The van der Waals surface area contributed by atoms with Crippen LogP contribution in [0.3, 0.4) is 0 Å². The quantitative estimate of drug-likeness (QED) is 0.305. The first-order valence-electron chi connectivity index (χ1n) is 13.6. The van der Waals surface area contributed by atoms with Crippen molar-refractivity contribution in [3.05, 3.63) is 89.0 Å². The van der Waals surface area contributed by atoms with Crippen molar-refractivity contribution in [1.82, 2.24) is 5.16 Å². The number of aliphatic hydroxyl groups is 1. The zero-order valence-corrected chi connectivity index (χ0v) is 22.5. The Balaban J connectivity index is 1.20. The van der Waals surface area contributed by atoms with Crippen molar-refractivity contribution in [2.24, 2.45) is 0 Å². The van der Waals surface area contributed by atoms with Gasteiger partial charge in [-0.1, -0.05) is 55.1 Å². The van der Waals surface area contributed by atoms with Crippen molar-refractivity contribution in [2.45, 2.75) is 70.3 Å². The van der Waals surface area contributed by atoms with Crippen LogP contribution >= 0.6 is 0 Å². The Bertz CT molecular complexity index is 1300. The molecule has 1 atom stereocenters. The molecule has 7 heteroatoms. The van der Waals surface area contributed by atoms with Crippen molar-refractivity contribution >= 4 is 17.5 Å². The van der Waals surface area contributed by atoms with Crippen molar-refractivity contribution < 1.29 is 19.2 Å². The minimum atomic E-state index is -0.507. The van der Waals surface area contributed by atoms with E-state index >= 15 is 0 Å². The number of allylic oxidation sites excluding steroid dienone is 1. The third-order valence-corrected chi connectivity index (χ3v) is 8.23. The summed E-state index contributed by atoms with van der Waals surface area (Å²) in [6.45, 7) is 11.3. The topological polar surface area (TPSA) is 87.8 Å². The molecule has 1 aliphatic carbocycles. The molecule has 0 spiro atoms. The number of hydrogen-bond acceptors (Lipinski definition) is 6. The molecule has 0 bridgehead atoms. The molecule has 5 rings (SSSR count). The molecular weight excluding hydrogens is 478 g/mol. The molecule has 1 saturated heterocycles. The molecule has 0 radical (unpaired) electrons. The number of hydrogen-bond donors (Lipinski definition) is 2. The first kappa shape index (κ1) is 25.9. The molecule has 38 heavy (non-hydrogen) atoms. The lowest BCUT2D eigenvalue weighted by atomic mass is 9.92. The van der Waals surface area contributed by atoms with E-state index < -0.39 is 6.09 Å². The number of carbonyl (C=O) groups excluding carboxylic acids is 1. The zero-order chi connectivity index (χ0) is 26.9. The van der Waals surface area contributed by atoms with Crippen LogP contribution in [0.25, 0.3) is 0 Å². The van der Waals surface area contributed by atoms with Gasteiger partial charge in [0.1, 0.15) is 17.5 Å². The highest BCUT2D eigenvalue weighted by atomic mass is 16.6. The first-order chi connectivity index (χ1) is 18.3. The maximum absolute atomic E-state index is 12.8.